The van der Waals surface area contributed by atoms with Crippen molar-refractivity contribution < 1.29 is 13.2 Å². The summed E-state index contributed by atoms with van der Waals surface area (Å²) >= 11 is 0. The zero-order valence-electron chi connectivity index (χ0n) is 15.4. The highest BCUT2D eigenvalue weighted by Crippen LogP contribution is 2.30. The Morgan fingerprint density at radius 1 is 1.15 bits per heavy atom. The molecule has 2 unspecified atom stereocenters. The zero-order chi connectivity index (χ0) is 18.3. The van der Waals surface area contributed by atoms with Crippen molar-refractivity contribution in [1.82, 2.24) is 10.2 Å². The van der Waals surface area contributed by atoms with Crippen LogP contribution in [-0.2, 0) is 27.5 Å². The molecule has 2 saturated heterocycles. The average Bonchev–Trinajstić information content (AvgIpc) is 3.24. The van der Waals surface area contributed by atoms with Crippen molar-refractivity contribution in [1.29, 1.82) is 0 Å². The Labute approximate surface area is 156 Å². The zero-order valence-corrected chi connectivity index (χ0v) is 16.2. The quantitative estimate of drug-likeness (QED) is 0.854. The van der Waals surface area contributed by atoms with Crippen molar-refractivity contribution in [2.45, 2.75) is 74.4 Å². The van der Waals surface area contributed by atoms with Crippen molar-refractivity contribution in [3.63, 3.8) is 0 Å². The van der Waals surface area contributed by atoms with Crippen molar-refractivity contribution in [2.75, 3.05) is 12.8 Å². The van der Waals surface area contributed by atoms with Crippen LogP contribution < -0.4 is 5.32 Å². The first-order chi connectivity index (χ1) is 12.4. The Hall–Kier alpha value is -1.40. The summed E-state index contributed by atoms with van der Waals surface area (Å²) in [5, 5.41) is 3.58. The van der Waals surface area contributed by atoms with Gasteiger partial charge in [-0.15, -0.1) is 0 Å². The van der Waals surface area contributed by atoms with E-state index < -0.39 is 9.84 Å². The van der Waals surface area contributed by atoms with Crippen LogP contribution in [0.1, 0.15) is 49.7 Å². The Balaban J connectivity index is 1.37. The van der Waals surface area contributed by atoms with Gasteiger partial charge in [-0.25, -0.2) is 8.42 Å². The fourth-order valence-corrected chi connectivity index (χ4v) is 6.08. The molecule has 1 aromatic rings. The molecule has 0 saturated carbocycles. The van der Waals surface area contributed by atoms with E-state index >= 15 is 0 Å². The molecule has 3 aliphatic rings. The number of carbonyl (C=O) groups is 1. The smallest absolute Gasteiger partial charge is 0.223 e. The number of piperidine rings is 1. The molecule has 5 nitrogen and oxygen atoms in total. The third kappa shape index (κ3) is 3.54. The topological polar surface area (TPSA) is 66.5 Å². The van der Waals surface area contributed by atoms with Crippen LogP contribution >= 0.6 is 0 Å². The molecule has 0 radical (unpaired) electrons. The summed E-state index contributed by atoms with van der Waals surface area (Å²) in [5.74, 6) is -0.159. The number of amides is 1. The summed E-state index contributed by atoms with van der Waals surface area (Å²) in [6, 6.07) is 6.74. The molecule has 2 aliphatic heterocycles. The lowest BCUT2D eigenvalue weighted by atomic mass is 9.98. The Morgan fingerprint density at radius 2 is 1.85 bits per heavy atom. The normalized spacial score (nSPS) is 27.3. The largest absolute Gasteiger partial charge is 0.343 e. The van der Waals surface area contributed by atoms with Crippen molar-refractivity contribution in [3.05, 3.63) is 29.3 Å². The molecule has 0 spiro atoms. The van der Waals surface area contributed by atoms with Gasteiger partial charge in [0.25, 0.3) is 0 Å². The molecule has 2 bridgehead atoms. The van der Waals surface area contributed by atoms with Crippen LogP contribution in [0.15, 0.2) is 23.1 Å². The fourth-order valence-electron chi connectivity index (χ4n) is 4.80. The number of sulfone groups is 1. The first-order valence-corrected chi connectivity index (χ1v) is 11.4. The van der Waals surface area contributed by atoms with E-state index in [4.69, 9.17) is 0 Å². The van der Waals surface area contributed by atoms with Gasteiger partial charge in [-0.3, -0.25) is 4.79 Å². The molecule has 1 amide bonds. The lowest BCUT2D eigenvalue weighted by Crippen LogP contribution is -2.48. The molecule has 4 rings (SSSR count). The van der Waals surface area contributed by atoms with Crippen LogP contribution in [0.5, 0.6) is 0 Å². The monoisotopic (exact) mass is 376 g/mol. The van der Waals surface area contributed by atoms with E-state index in [0.29, 0.717) is 17.0 Å². The second-order valence-electron chi connectivity index (χ2n) is 8.12. The lowest BCUT2D eigenvalue weighted by molar-refractivity contribution is -0.132. The van der Waals surface area contributed by atoms with Crippen LogP contribution in [0, 0.1) is 0 Å². The molecule has 1 aliphatic carbocycles. The summed E-state index contributed by atoms with van der Waals surface area (Å²) < 4.78 is 25.3. The number of carbonyl (C=O) groups excluding carboxylic acids is 1. The molecule has 2 fully saturated rings. The van der Waals surface area contributed by atoms with Gasteiger partial charge in [-0.1, -0.05) is 6.07 Å². The van der Waals surface area contributed by atoms with Crippen molar-refractivity contribution >= 4 is 15.7 Å². The van der Waals surface area contributed by atoms with Gasteiger partial charge in [0.2, 0.25) is 5.91 Å². The summed E-state index contributed by atoms with van der Waals surface area (Å²) in [6.45, 7) is 0. The molecule has 2 heterocycles. The number of benzene rings is 1. The van der Waals surface area contributed by atoms with E-state index in [1.54, 1.807) is 11.0 Å². The minimum absolute atomic E-state index is 0.0546. The minimum Gasteiger partial charge on any atom is -0.343 e. The maximum absolute atomic E-state index is 12.7. The molecule has 1 aromatic carbocycles. The standard InChI is InChI=1S/C20H28N2O3S/c1-22(18-12-16-6-7-17(13-18)21-16)20(23)9-10-26(24,25)19-8-5-14-3-2-4-15(14)11-19/h5,8,11,16-18,21H,2-4,6-7,9-10,12-13H2,1H3. The van der Waals surface area contributed by atoms with Gasteiger partial charge in [0.05, 0.1) is 10.6 Å². The van der Waals surface area contributed by atoms with Gasteiger partial charge in [0, 0.05) is 31.6 Å². The molecule has 6 heteroatoms. The van der Waals surface area contributed by atoms with Gasteiger partial charge in [-0.05, 0) is 68.2 Å². The van der Waals surface area contributed by atoms with E-state index in [1.807, 2.05) is 19.2 Å². The predicted molar refractivity (Wildman–Crippen MR) is 101 cm³/mol. The maximum atomic E-state index is 12.7. The SMILES string of the molecule is CN(C(=O)CCS(=O)(=O)c1ccc2c(c1)CCC2)C1CC2CCC(C1)N2. The third-order valence-corrected chi connectivity index (χ3v) is 8.12. The Kier molecular flexibility index (Phi) is 4.82. The summed E-state index contributed by atoms with van der Waals surface area (Å²) in [5.41, 5.74) is 2.42. The molecule has 1 N–H and O–H groups in total. The number of hydrogen-bond acceptors (Lipinski definition) is 4. The average molecular weight is 377 g/mol. The molecule has 142 valence electrons. The Morgan fingerprint density at radius 3 is 2.58 bits per heavy atom. The van der Waals surface area contributed by atoms with E-state index in [0.717, 1.165) is 37.7 Å². The Bertz CT molecular complexity index is 793. The highest BCUT2D eigenvalue weighted by Gasteiger charge is 2.36. The van der Waals surface area contributed by atoms with Crippen LogP contribution in [-0.4, -0.2) is 50.2 Å². The molecule has 2 atom stereocenters. The maximum Gasteiger partial charge on any atom is 0.223 e. The fraction of sp³-hybridized carbons (Fsp3) is 0.650. The molecule has 0 aromatic heterocycles. The minimum atomic E-state index is -3.41. The molecular weight excluding hydrogens is 348 g/mol. The van der Waals surface area contributed by atoms with E-state index in [2.05, 4.69) is 5.32 Å². The van der Waals surface area contributed by atoms with Crippen molar-refractivity contribution in [2.24, 2.45) is 0 Å². The highest BCUT2D eigenvalue weighted by atomic mass is 32.2. The number of hydrogen-bond donors (Lipinski definition) is 1. The van der Waals surface area contributed by atoms with Crippen LogP contribution in [0.2, 0.25) is 0 Å². The van der Waals surface area contributed by atoms with Gasteiger partial charge in [0.15, 0.2) is 9.84 Å². The van der Waals surface area contributed by atoms with Crippen molar-refractivity contribution in [3.8, 4) is 0 Å². The van der Waals surface area contributed by atoms with Gasteiger partial charge in [-0.2, -0.15) is 0 Å². The van der Waals surface area contributed by atoms with Crippen LogP contribution in [0.4, 0.5) is 0 Å². The van der Waals surface area contributed by atoms with Gasteiger partial charge in [0.1, 0.15) is 0 Å². The molecular formula is C20H28N2O3S. The summed E-state index contributed by atoms with van der Waals surface area (Å²) in [4.78, 5) is 14.7. The number of rotatable bonds is 5. The third-order valence-electron chi connectivity index (χ3n) is 6.40. The number of nitrogens with one attached hydrogen (secondary N) is 1. The van der Waals surface area contributed by atoms with E-state index in [-0.39, 0.29) is 24.1 Å². The first-order valence-electron chi connectivity index (χ1n) is 9.78. The number of aryl methyl sites for hydroxylation is 2. The summed E-state index contributed by atoms with van der Waals surface area (Å²) in [7, 11) is -1.58. The second kappa shape index (κ2) is 6.97. The highest BCUT2D eigenvalue weighted by molar-refractivity contribution is 7.91. The van der Waals surface area contributed by atoms with E-state index in [9.17, 15) is 13.2 Å². The second-order valence-corrected chi connectivity index (χ2v) is 10.2. The van der Waals surface area contributed by atoms with E-state index in [1.165, 1.54) is 18.4 Å². The predicted octanol–water partition coefficient (Wildman–Crippen LogP) is 2.08. The van der Waals surface area contributed by atoms with Crippen LogP contribution in [0.25, 0.3) is 0 Å². The van der Waals surface area contributed by atoms with Gasteiger partial charge < -0.3 is 10.2 Å². The van der Waals surface area contributed by atoms with Gasteiger partial charge >= 0.3 is 0 Å². The summed E-state index contributed by atoms with van der Waals surface area (Å²) in [6.07, 6.45) is 7.50. The number of fused-ring (bicyclic) bond motifs is 3. The number of nitrogens with zero attached hydrogens (tertiary/aromatic N) is 1. The molecule has 26 heavy (non-hydrogen) atoms. The first kappa shape index (κ1) is 18.0. The van der Waals surface area contributed by atoms with Crippen LogP contribution in [0.3, 0.4) is 0 Å². The lowest BCUT2D eigenvalue weighted by Gasteiger charge is -2.35.